The van der Waals surface area contributed by atoms with Crippen LogP contribution >= 0.6 is 0 Å². The summed E-state index contributed by atoms with van der Waals surface area (Å²) in [5, 5.41) is 0. The maximum absolute atomic E-state index is 10.9. The van der Waals surface area contributed by atoms with E-state index in [-0.39, 0.29) is 5.70 Å². The molecule has 0 aliphatic carbocycles. The van der Waals surface area contributed by atoms with Gasteiger partial charge in [0.05, 0.1) is 13.7 Å². The van der Waals surface area contributed by atoms with Gasteiger partial charge < -0.3 is 4.74 Å². The lowest BCUT2D eigenvalue weighted by Gasteiger charge is -2.05. The van der Waals surface area contributed by atoms with E-state index in [2.05, 4.69) is 16.8 Å². The van der Waals surface area contributed by atoms with E-state index in [1.54, 1.807) is 0 Å². The number of benzene rings is 1. The summed E-state index contributed by atoms with van der Waals surface area (Å²) in [6.07, 6.45) is 3.75. The molecule has 1 N–H and O–H groups in total. The fourth-order valence-electron chi connectivity index (χ4n) is 1.09. The molecule has 0 amide bonds. The van der Waals surface area contributed by atoms with Crippen LogP contribution in [0.15, 0.2) is 48.7 Å². The van der Waals surface area contributed by atoms with Crippen molar-refractivity contribution in [2.75, 3.05) is 13.7 Å². The Morgan fingerprint density at radius 1 is 1.41 bits per heavy atom. The molecular weight excluding hydrogens is 218 g/mol. The lowest BCUT2D eigenvalue weighted by molar-refractivity contribution is -0.138. The summed E-state index contributed by atoms with van der Waals surface area (Å²) in [6.45, 7) is 3.77. The molecule has 0 aliphatic rings. The van der Waals surface area contributed by atoms with E-state index in [0.29, 0.717) is 6.61 Å². The van der Waals surface area contributed by atoms with E-state index in [4.69, 9.17) is 4.84 Å². The van der Waals surface area contributed by atoms with Crippen molar-refractivity contribution in [3.05, 3.63) is 54.2 Å². The number of hydrogen-bond acceptors (Lipinski definition) is 4. The van der Waals surface area contributed by atoms with Crippen molar-refractivity contribution in [2.45, 2.75) is 0 Å². The first-order valence-electron chi connectivity index (χ1n) is 5.10. The highest BCUT2D eigenvalue weighted by Crippen LogP contribution is 2.00. The SMILES string of the molecule is C=C(NOCC=Cc1ccccc1)C(=O)OC. The van der Waals surface area contributed by atoms with Crippen molar-refractivity contribution in [1.82, 2.24) is 5.48 Å². The fourth-order valence-corrected chi connectivity index (χ4v) is 1.09. The van der Waals surface area contributed by atoms with Crippen molar-refractivity contribution in [1.29, 1.82) is 0 Å². The second-order valence-electron chi connectivity index (χ2n) is 3.20. The Hall–Kier alpha value is -2.07. The number of carbonyl (C=O) groups excluding carboxylic acids is 1. The van der Waals surface area contributed by atoms with E-state index in [9.17, 15) is 4.79 Å². The molecule has 0 atom stereocenters. The third kappa shape index (κ3) is 4.99. The first kappa shape index (κ1) is 13.0. The Morgan fingerprint density at radius 3 is 2.76 bits per heavy atom. The van der Waals surface area contributed by atoms with Crippen molar-refractivity contribution in [2.24, 2.45) is 0 Å². The van der Waals surface area contributed by atoms with E-state index < -0.39 is 5.97 Å². The molecule has 4 heteroatoms. The second kappa shape index (κ2) is 7.24. The maximum Gasteiger partial charge on any atom is 0.355 e. The number of hydrogen-bond donors (Lipinski definition) is 1. The van der Waals surface area contributed by atoms with Crippen LogP contribution in [0.25, 0.3) is 6.08 Å². The molecule has 1 aromatic rings. The van der Waals surface area contributed by atoms with Crippen LogP contribution in [-0.2, 0) is 14.4 Å². The number of nitrogens with one attached hydrogen (secondary N) is 1. The molecule has 0 heterocycles. The van der Waals surface area contributed by atoms with Gasteiger partial charge in [-0.05, 0) is 5.56 Å². The molecule has 0 spiro atoms. The van der Waals surface area contributed by atoms with Crippen LogP contribution in [0.5, 0.6) is 0 Å². The minimum atomic E-state index is -0.544. The molecule has 4 nitrogen and oxygen atoms in total. The van der Waals surface area contributed by atoms with E-state index >= 15 is 0 Å². The topological polar surface area (TPSA) is 47.6 Å². The summed E-state index contributed by atoms with van der Waals surface area (Å²) in [4.78, 5) is 15.9. The average Bonchev–Trinajstić information content (AvgIpc) is 2.38. The molecule has 17 heavy (non-hydrogen) atoms. The Balaban J connectivity index is 2.23. The predicted molar refractivity (Wildman–Crippen MR) is 65.7 cm³/mol. The maximum atomic E-state index is 10.9. The summed E-state index contributed by atoms with van der Waals surface area (Å²) in [7, 11) is 1.28. The molecule has 1 aromatic carbocycles. The van der Waals surface area contributed by atoms with Gasteiger partial charge in [0, 0.05) is 0 Å². The lowest BCUT2D eigenvalue weighted by Crippen LogP contribution is -2.20. The van der Waals surface area contributed by atoms with Gasteiger partial charge >= 0.3 is 5.97 Å². The zero-order valence-electron chi connectivity index (χ0n) is 9.68. The average molecular weight is 233 g/mol. The summed E-state index contributed by atoms with van der Waals surface area (Å²) in [5.41, 5.74) is 3.56. The predicted octanol–water partition coefficient (Wildman–Crippen LogP) is 1.91. The molecule has 0 saturated heterocycles. The summed E-state index contributed by atoms with van der Waals surface area (Å²) in [6, 6.07) is 9.83. The minimum absolute atomic E-state index is 0.0700. The Labute approximate surface area is 100 Å². The fraction of sp³-hybridized carbons (Fsp3) is 0.154. The van der Waals surface area contributed by atoms with Gasteiger partial charge in [-0.15, -0.1) is 0 Å². The smallest absolute Gasteiger partial charge is 0.355 e. The summed E-state index contributed by atoms with van der Waals surface area (Å²) < 4.78 is 4.44. The molecule has 0 unspecified atom stereocenters. The minimum Gasteiger partial charge on any atom is -0.464 e. The standard InChI is InChI=1S/C13H15NO3/c1-11(13(15)16-2)14-17-10-6-9-12-7-4-3-5-8-12/h3-9,14H,1,10H2,2H3. The highest BCUT2D eigenvalue weighted by atomic mass is 16.6. The number of rotatable bonds is 6. The van der Waals surface area contributed by atoms with Gasteiger partial charge in [0.25, 0.3) is 0 Å². The Morgan fingerprint density at radius 2 is 2.12 bits per heavy atom. The molecule has 0 fully saturated rings. The van der Waals surface area contributed by atoms with Gasteiger partial charge in [0.2, 0.25) is 0 Å². The normalized spacial score (nSPS) is 10.2. The zero-order chi connectivity index (χ0) is 12.5. The lowest BCUT2D eigenvalue weighted by atomic mass is 10.2. The molecule has 0 radical (unpaired) electrons. The number of hydroxylamine groups is 1. The first-order chi connectivity index (χ1) is 8.24. The van der Waals surface area contributed by atoms with Gasteiger partial charge in [0.15, 0.2) is 0 Å². The van der Waals surface area contributed by atoms with Crippen molar-refractivity contribution >= 4 is 12.0 Å². The first-order valence-corrected chi connectivity index (χ1v) is 5.10. The van der Waals surface area contributed by atoms with Gasteiger partial charge in [0.1, 0.15) is 5.70 Å². The van der Waals surface area contributed by atoms with Gasteiger partial charge in [-0.25, -0.2) is 4.79 Å². The molecule has 0 saturated carbocycles. The molecule has 0 aliphatic heterocycles. The van der Waals surface area contributed by atoms with Crippen LogP contribution in [0.2, 0.25) is 0 Å². The molecule has 0 aromatic heterocycles. The monoisotopic (exact) mass is 233 g/mol. The number of carbonyl (C=O) groups is 1. The van der Waals surface area contributed by atoms with Crippen molar-refractivity contribution in [3.8, 4) is 0 Å². The van der Waals surface area contributed by atoms with E-state index in [1.807, 2.05) is 42.5 Å². The molecule has 90 valence electrons. The van der Waals surface area contributed by atoms with Crippen LogP contribution in [0.4, 0.5) is 0 Å². The Bertz CT molecular complexity index is 398. The molecule has 1 rings (SSSR count). The van der Waals surface area contributed by atoms with Gasteiger partial charge in [-0.2, -0.15) is 0 Å². The number of methoxy groups -OCH3 is 1. The third-order valence-electron chi connectivity index (χ3n) is 1.92. The van der Waals surface area contributed by atoms with Gasteiger partial charge in [-0.3, -0.25) is 10.3 Å². The zero-order valence-corrected chi connectivity index (χ0v) is 9.68. The van der Waals surface area contributed by atoms with Crippen LogP contribution < -0.4 is 5.48 Å². The van der Waals surface area contributed by atoms with Crippen LogP contribution in [0, 0.1) is 0 Å². The van der Waals surface area contributed by atoms with Crippen molar-refractivity contribution < 1.29 is 14.4 Å². The third-order valence-corrected chi connectivity index (χ3v) is 1.92. The highest BCUT2D eigenvalue weighted by Gasteiger charge is 2.04. The van der Waals surface area contributed by atoms with Crippen LogP contribution in [0.1, 0.15) is 5.56 Å². The Kier molecular flexibility index (Phi) is 5.54. The summed E-state index contributed by atoms with van der Waals surface area (Å²) >= 11 is 0. The van der Waals surface area contributed by atoms with Crippen LogP contribution in [-0.4, -0.2) is 19.7 Å². The molecular formula is C13H15NO3. The highest BCUT2D eigenvalue weighted by molar-refractivity contribution is 5.86. The quantitative estimate of drug-likeness (QED) is 0.353. The summed E-state index contributed by atoms with van der Waals surface area (Å²) in [5.74, 6) is -0.544. The van der Waals surface area contributed by atoms with Crippen LogP contribution in [0.3, 0.4) is 0 Å². The van der Waals surface area contributed by atoms with E-state index in [0.717, 1.165) is 5.56 Å². The van der Waals surface area contributed by atoms with Gasteiger partial charge in [-0.1, -0.05) is 49.1 Å². The second-order valence-corrected chi connectivity index (χ2v) is 3.20. The van der Waals surface area contributed by atoms with E-state index in [1.165, 1.54) is 7.11 Å². The largest absolute Gasteiger partial charge is 0.464 e. The number of ether oxygens (including phenoxy) is 1. The van der Waals surface area contributed by atoms with Crippen molar-refractivity contribution in [3.63, 3.8) is 0 Å². The number of esters is 1. The molecule has 0 bridgehead atoms.